The molecular formula is C16H21BrFN3. The average molecular weight is 354 g/mol. The number of rotatable bonds is 4. The summed E-state index contributed by atoms with van der Waals surface area (Å²) in [5, 5.41) is 6.47. The average Bonchev–Trinajstić information content (AvgIpc) is 2.52. The highest BCUT2D eigenvalue weighted by atomic mass is 79.9. The van der Waals surface area contributed by atoms with Gasteiger partial charge in [0.25, 0.3) is 0 Å². The Bertz CT molecular complexity index is 558. The fraction of sp³-hybridized carbons (Fsp3) is 0.312. The zero-order chi connectivity index (χ0) is 15.8. The molecule has 0 amide bonds. The SMILES string of the molecule is CC.CNC(C)c1cccc(Br)c1Nc1ccc(F)nc1. The van der Waals surface area contributed by atoms with E-state index < -0.39 is 5.95 Å². The van der Waals surface area contributed by atoms with Crippen molar-refractivity contribution in [1.29, 1.82) is 0 Å². The Labute approximate surface area is 134 Å². The minimum absolute atomic E-state index is 0.202. The van der Waals surface area contributed by atoms with Crippen LogP contribution in [0.2, 0.25) is 0 Å². The number of pyridine rings is 1. The summed E-state index contributed by atoms with van der Waals surface area (Å²) < 4.78 is 13.8. The minimum atomic E-state index is -0.485. The standard InChI is InChI=1S/C14H15BrFN3.C2H6/c1-9(17-2)11-4-3-5-12(15)14(11)19-10-6-7-13(16)18-8-10;1-2/h3-9,17,19H,1-2H3;1-2H3. The van der Waals surface area contributed by atoms with Crippen LogP contribution in [0.15, 0.2) is 41.0 Å². The molecule has 114 valence electrons. The number of benzene rings is 1. The Kier molecular flexibility index (Phi) is 7.32. The summed E-state index contributed by atoms with van der Waals surface area (Å²) in [7, 11) is 1.91. The second kappa shape index (κ2) is 8.74. The van der Waals surface area contributed by atoms with Crippen LogP contribution >= 0.6 is 15.9 Å². The summed E-state index contributed by atoms with van der Waals surface area (Å²) in [5.74, 6) is -0.485. The fourth-order valence-electron chi connectivity index (χ4n) is 1.78. The highest BCUT2D eigenvalue weighted by Gasteiger charge is 2.12. The predicted octanol–water partition coefficient (Wildman–Crippen LogP) is 5.03. The summed E-state index contributed by atoms with van der Waals surface area (Å²) in [6.07, 6.45) is 1.47. The number of nitrogens with zero attached hydrogens (tertiary/aromatic N) is 1. The van der Waals surface area contributed by atoms with Crippen molar-refractivity contribution in [2.75, 3.05) is 12.4 Å². The van der Waals surface area contributed by atoms with Gasteiger partial charge in [0, 0.05) is 10.5 Å². The van der Waals surface area contributed by atoms with Gasteiger partial charge in [0.05, 0.1) is 17.6 Å². The highest BCUT2D eigenvalue weighted by molar-refractivity contribution is 9.10. The van der Waals surface area contributed by atoms with E-state index in [0.717, 1.165) is 21.4 Å². The molecule has 1 atom stereocenters. The predicted molar refractivity (Wildman–Crippen MR) is 90.4 cm³/mol. The maximum Gasteiger partial charge on any atom is 0.212 e. The van der Waals surface area contributed by atoms with E-state index >= 15 is 0 Å². The summed E-state index contributed by atoms with van der Waals surface area (Å²) in [6.45, 7) is 6.08. The van der Waals surface area contributed by atoms with Crippen molar-refractivity contribution in [2.45, 2.75) is 26.8 Å². The summed E-state index contributed by atoms with van der Waals surface area (Å²) in [4.78, 5) is 3.64. The van der Waals surface area contributed by atoms with Gasteiger partial charge >= 0.3 is 0 Å². The van der Waals surface area contributed by atoms with Crippen LogP contribution in [0, 0.1) is 5.95 Å². The van der Waals surface area contributed by atoms with Gasteiger partial charge in [-0.3, -0.25) is 0 Å². The topological polar surface area (TPSA) is 37.0 Å². The first-order valence-corrected chi connectivity index (χ1v) is 7.75. The lowest BCUT2D eigenvalue weighted by Crippen LogP contribution is -2.14. The Morgan fingerprint density at radius 2 is 1.90 bits per heavy atom. The van der Waals surface area contributed by atoms with Gasteiger partial charge < -0.3 is 10.6 Å². The lowest BCUT2D eigenvalue weighted by Gasteiger charge is -2.18. The van der Waals surface area contributed by atoms with E-state index in [9.17, 15) is 4.39 Å². The van der Waals surface area contributed by atoms with Crippen molar-refractivity contribution in [3.63, 3.8) is 0 Å². The van der Waals surface area contributed by atoms with E-state index in [-0.39, 0.29) is 6.04 Å². The van der Waals surface area contributed by atoms with Crippen molar-refractivity contribution >= 4 is 27.3 Å². The molecule has 21 heavy (non-hydrogen) atoms. The molecule has 0 aliphatic carbocycles. The molecule has 0 aliphatic rings. The van der Waals surface area contributed by atoms with Crippen molar-refractivity contribution in [2.24, 2.45) is 0 Å². The lowest BCUT2D eigenvalue weighted by molar-refractivity contribution is 0.584. The number of para-hydroxylation sites is 1. The van der Waals surface area contributed by atoms with Crippen LogP contribution in [0.4, 0.5) is 15.8 Å². The van der Waals surface area contributed by atoms with E-state index in [2.05, 4.69) is 38.5 Å². The number of hydrogen-bond donors (Lipinski definition) is 2. The van der Waals surface area contributed by atoms with Crippen molar-refractivity contribution in [3.8, 4) is 0 Å². The monoisotopic (exact) mass is 353 g/mol. The van der Waals surface area contributed by atoms with E-state index in [4.69, 9.17) is 0 Å². The molecule has 0 saturated heterocycles. The molecule has 0 fully saturated rings. The third kappa shape index (κ3) is 4.79. The van der Waals surface area contributed by atoms with Crippen LogP contribution in [-0.4, -0.2) is 12.0 Å². The second-order valence-electron chi connectivity index (χ2n) is 4.21. The number of hydrogen-bond acceptors (Lipinski definition) is 3. The maximum atomic E-state index is 12.8. The molecular weight excluding hydrogens is 333 g/mol. The van der Waals surface area contributed by atoms with Crippen molar-refractivity contribution in [1.82, 2.24) is 10.3 Å². The molecule has 1 unspecified atom stereocenters. The molecule has 2 aromatic rings. The van der Waals surface area contributed by atoms with Crippen LogP contribution in [0.1, 0.15) is 32.4 Å². The third-order valence-electron chi connectivity index (χ3n) is 2.94. The maximum absolute atomic E-state index is 12.8. The van der Waals surface area contributed by atoms with Crippen molar-refractivity contribution in [3.05, 3.63) is 52.5 Å². The second-order valence-corrected chi connectivity index (χ2v) is 5.06. The molecule has 0 spiro atoms. The van der Waals surface area contributed by atoms with Crippen LogP contribution in [-0.2, 0) is 0 Å². The van der Waals surface area contributed by atoms with Gasteiger partial charge in [-0.2, -0.15) is 4.39 Å². The minimum Gasteiger partial charge on any atom is -0.353 e. The van der Waals surface area contributed by atoms with Crippen LogP contribution in [0.3, 0.4) is 0 Å². The number of anilines is 2. The molecule has 1 aromatic heterocycles. The van der Waals surface area contributed by atoms with Gasteiger partial charge in [-0.05, 0) is 53.7 Å². The molecule has 2 N–H and O–H groups in total. The van der Waals surface area contributed by atoms with Gasteiger partial charge in [0.1, 0.15) is 0 Å². The first kappa shape index (κ1) is 17.6. The molecule has 0 radical (unpaired) electrons. The molecule has 3 nitrogen and oxygen atoms in total. The molecule has 2 rings (SSSR count). The van der Waals surface area contributed by atoms with E-state index in [1.807, 2.05) is 39.1 Å². The summed E-state index contributed by atoms with van der Waals surface area (Å²) >= 11 is 3.53. The first-order chi connectivity index (χ1) is 10.1. The summed E-state index contributed by atoms with van der Waals surface area (Å²) in [5.41, 5.74) is 2.83. The summed E-state index contributed by atoms with van der Waals surface area (Å²) in [6, 6.07) is 9.20. The molecule has 1 aromatic carbocycles. The quantitative estimate of drug-likeness (QED) is 0.756. The van der Waals surface area contributed by atoms with Gasteiger partial charge in [-0.25, -0.2) is 4.98 Å². The fourth-order valence-corrected chi connectivity index (χ4v) is 2.26. The number of aromatic nitrogens is 1. The molecule has 5 heteroatoms. The van der Waals surface area contributed by atoms with E-state index in [1.165, 1.54) is 12.3 Å². The lowest BCUT2D eigenvalue weighted by atomic mass is 10.1. The van der Waals surface area contributed by atoms with Gasteiger partial charge in [-0.1, -0.05) is 26.0 Å². The molecule has 0 aliphatic heterocycles. The Morgan fingerprint density at radius 1 is 1.19 bits per heavy atom. The van der Waals surface area contributed by atoms with Gasteiger partial charge in [0.15, 0.2) is 0 Å². The Hall–Kier alpha value is -1.46. The number of nitrogens with one attached hydrogen (secondary N) is 2. The Morgan fingerprint density at radius 3 is 2.48 bits per heavy atom. The zero-order valence-electron chi connectivity index (χ0n) is 12.7. The Balaban J connectivity index is 0.00000106. The number of halogens is 2. The van der Waals surface area contributed by atoms with E-state index in [1.54, 1.807) is 6.07 Å². The van der Waals surface area contributed by atoms with Gasteiger partial charge in [-0.15, -0.1) is 0 Å². The van der Waals surface area contributed by atoms with Crippen molar-refractivity contribution < 1.29 is 4.39 Å². The van der Waals surface area contributed by atoms with E-state index in [0.29, 0.717) is 0 Å². The highest BCUT2D eigenvalue weighted by Crippen LogP contribution is 2.32. The van der Waals surface area contributed by atoms with Crippen LogP contribution < -0.4 is 10.6 Å². The zero-order valence-corrected chi connectivity index (χ0v) is 14.3. The normalized spacial score (nSPS) is 11.3. The van der Waals surface area contributed by atoms with Gasteiger partial charge in [0.2, 0.25) is 5.95 Å². The first-order valence-electron chi connectivity index (χ1n) is 6.96. The third-order valence-corrected chi connectivity index (χ3v) is 3.60. The van der Waals surface area contributed by atoms with Crippen LogP contribution in [0.25, 0.3) is 0 Å². The molecule has 1 heterocycles. The largest absolute Gasteiger partial charge is 0.353 e. The molecule has 0 saturated carbocycles. The smallest absolute Gasteiger partial charge is 0.212 e. The van der Waals surface area contributed by atoms with Crippen LogP contribution in [0.5, 0.6) is 0 Å². The molecule has 0 bridgehead atoms.